The zero-order valence-corrected chi connectivity index (χ0v) is 9.20. The minimum absolute atomic E-state index is 0.140. The van der Waals surface area contributed by atoms with Crippen molar-refractivity contribution in [2.75, 3.05) is 7.05 Å². The Bertz CT molecular complexity index is 276. The van der Waals surface area contributed by atoms with Gasteiger partial charge in [0.15, 0.2) is 0 Å². The van der Waals surface area contributed by atoms with Crippen LogP contribution < -0.4 is 0 Å². The first-order chi connectivity index (χ1) is 6.77. The molecule has 1 aliphatic carbocycles. The summed E-state index contributed by atoms with van der Waals surface area (Å²) in [7, 11) is 2.07. The smallest absolute Gasteiger partial charge is 0.0795 e. The number of aromatic nitrogens is 1. The molecule has 1 aromatic rings. The van der Waals surface area contributed by atoms with Crippen LogP contribution in [-0.4, -0.2) is 34.2 Å². The summed E-state index contributed by atoms with van der Waals surface area (Å²) in [6, 6.07) is 0.330. The molecule has 0 radical (unpaired) electrons. The summed E-state index contributed by atoms with van der Waals surface area (Å²) in [5.41, 5.74) is 2.96. The highest BCUT2D eigenvalue weighted by molar-refractivity contribution is 7.07. The third-order valence-electron chi connectivity index (χ3n) is 2.90. The van der Waals surface area contributed by atoms with Crippen LogP contribution in [0.1, 0.15) is 25.0 Å². The van der Waals surface area contributed by atoms with E-state index in [0.29, 0.717) is 6.04 Å². The van der Waals surface area contributed by atoms with Crippen molar-refractivity contribution in [2.24, 2.45) is 0 Å². The Morgan fingerprint density at radius 1 is 1.64 bits per heavy atom. The van der Waals surface area contributed by atoms with Crippen LogP contribution in [0.5, 0.6) is 0 Å². The van der Waals surface area contributed by atoms with Gasteiger partial charge in [0.05, 0.1) is 17.3 Å². The summed E-state index contributed by atoms with van der Waals surface area (Å²) in [4.78, 5) is 6.46. The zero-order chi connectivity index (χ0) is 9.97. The summed E-state index contributed by atoms with van der Waals surface area (Å²) >= 11 is 1.62. The molecule has 2 rings (SSSR count). The Hall–Kier alpha value is -0.450. The lowest BCUT2D eigenvalue weighted by atomic mass is 10.2. The fraction of sp³-hybridized carbons (Fsp3) is 0.700. The summed E-state index contributed by atoms with van der Waals surface area (Å²) in [6.45, 7) is 0.852. The van der Waals surface area contributed by atoms with Crippen LogP contribution in [0.25, 0.3) is 0 Å². The van der Waals surface area contributed by atoms with Gasteiger partial charge in [0.2, 0.25) is 0 Å². The Morgan fingerprint density at radius 3 is 3.07 bits per heavy atom. The Balaban J connectivity index is 1.92. The van der Waals surface area contributed by atoms with Crippen molar-refractivity contribution in [3.63, 3.8) is 0 Å². The van der Waals surface area contributed by atoms with Crippen LogP contribution in [0.3, 0.4) is 0 Å². The fourth-order valence-corrected chi connectivity index (χ4v) is 2.67. The van der Waals surface area contributed by atoms with E-state index in [9.17, 15) is 5.11 Å². The van der Waals surface area contributed by atoms with E-state index in [1.54, 1.807) is 11.3 Å². The van der Waals surface area contributed by atoms with E-state index < -0.39 is 0 Å². The Morgan fingerprint density at radius 2 is 2.50 bits per heavy atom. The highest BCUT2D eigenvalue weighted by atomic mass is 32.1. The summed E-state index contributed by atoms with van der Waals surface area (Å²) in [5.74, 6) is 0. The molecule has 0 aliphatic heterocycles. The highest BCUT2D eigenvalue weighted by Crippen LogP contribution is 2.24. The number of nitrogens with zero attached hydrogens (tertiary/aromatic N) is 2. The maximum atomic E-state index is 9.73. The first-order valence-electron chi connectivity index (χ1n) is 5.03. The molecule has 14 heavy (non-hydrogen) atoms. The molecule has 0 aromatic carbocycles. The highest BCUT2D eigenvalue weighted by Gasteiger charge is 2.28. The molecule has 1 heterocycles. The van der Waals surface area contributed by atoms with Crippen molar-refractivity contribution >= 4 is 11.3 Å². The van der Waals surface area contributed by atoms with Crippen molar-refractivity contribution in [3.05, 3.63) is 16.6 Å². The van der Waals surface area contributed by atoms with Crippen LogP contribution in [0.4, 0.5) is 0 Å². The van der Waals surface area contributed by atoms with E-state index in [4.69, 9.17) is 0 Å². The van der Waals surface area contributed by atoms with Crippen LogP contribution in [-0.2, 0) is 6.54 Å². The van der Waals surface area contributed by atoms with Crippen molar-refractivity contribution in [3.8, 4) is 0 Å². The van der Waals surface area contributed by atoms with Gasteiger partial charge in [0.1, 0.15) is 0 Å². The van der Waals surface area contributed by atoms with Crippen LogP contribution >= 0.6 is 11.3 Å². The molecule has 1 N–H and O–H groups in total. The normalized spacial score (nSPS) is 27.4. The summed E-state index contributed by atoms with van der Waals surface area (Å²) in [5, 5.41) is 11.8. The predicted molar refractivity (Wildman–Crippen MR) is 57.2 cm³/mol. The second-order valence-corrected chi connectivity index (χ2v) is 4.68. The lowest BCUT2D eigenvalue weighted by molar-refractivity contribution is 0.0819. The lowest BCUT2D eigenvalue weighted by Crippen LogP contribution is -2.37. The van der Waals surface area contributed by atoms with E-state index in [2.05, 4.69) is 22.3 Å². The minimum Gasteiger partial charge on any atom is -0.391 e. The van der Waals surface area contributed by atoms with E-state index in [-0.39, 0.29) is 6.10 Å². The van der Waals surface area contributed by atoms with Gasteiger partial charge >= 0.3 is 0 Å². The first-order valence-corrected chi connectivity index (χ1v) is 5.97. The number of hydrogen-bond acceptors (Lipinski definition) is 4. The Labute approximate surface area is 88.4 Å². The molecule has 1 aliphatic rings. The number of aliphatic hydroxyl groups is 1. The van der Waals surface area contributed by atoms with Crippen LogP contribution in [0, 0.1) is 0 Å². The topological polar surface area (TPSA) is 36.4 Å². The van der Waals surface area contributed by atoms with Gasteiger partial charge in [0.25, 0.3) is 0 Å². The van der Waals surface area contributed by atoms with Crippen molar-refractivity contribution in [1.29, 1.82) is 0 Å². The molecule has 1 saturated carbocycles. The van der Waals surface area contributed by atoms with Gasteiger partial charge in [-0.2, -0.15) is 0 Å². The molecule has 78 valence electrons. The minimum atomic E-state index is -0.140. The average Bonchev–Trinajstić information content (AvgIpc) is 2.75. The quantitative estimate of drug-likeness (QED) is 0.824. The molecule has 3 nitrogen and oxygen atoms in total. The molecular weight excluding hydrogens is 196 g/mol. The molecule has 4 heteroatoms. The van der Waals surface area contributed by atoms with Gasteiger partial charge in [0, 0.05) is 18.0 Å². The molecule has 0 spiro atoms. The van der Waals surface area contributed by atoms with Gasteiger partial charge < -0.3 is 5.11 Å². The third-order valence-corrected chi connectivity index (χ3v) is 3.54. The predicted octanol–water partition coefficient (Wildman–Crippen LogP) is 1.49. The maximum absolute atomic E-state index is 9.73. The SMILES string of the molecule is CN(Cc1cscn1)[C@H]1CCC[C@@H]1O. The van der Waals surface area contributed by atoms with Gasteiger partial charge in [-0.05, 0) is 26.3 Å². The lowest BCUT2D eigenvalue weighted by Gasteiger charge is -2.26. The third kappa shape index (κ3) is 2.13. The van der Waals surface area contributed by atoms with Gasteiger partial charge in [-0.25, -0.2) is 4.98 Å². The number of rotatable bonds is 3. The van der Waals surface area contributed by atoms with Crippen molar-refractivity contribution in [1.82, 2.24) is 9.88 Å². The largest absolute Gasteiger partial charge is 0.391 e. The zero-order valence-electron chi connectivity index (χ0n) is 8.39. The summed E-state index contributed by atoms with van der Waals surface area (Å²) < 4.78 is 0. The molecule has 0 bridgehead atoms. The fourth-order valence-electron chi connectivity index (χ4n) is 2.12. The standard InChI is InChI=1S/C10H16N2OS/c1-12(5-8-6-14-7-11-8)9-3-2-4-10(9)13/h6-7,9-10,13H,2-5H2,1H3/t9-,10-/m0/s1. The molecule has 0 saturated heterocycles. The molecule has 0 amide bonds. The molecule has 0 unspecified atom stereocenters. The van der Waals surface area contributed by atoms with Gasteiger partial charge in [-0.15, -0.1) is 11.3 Å². The number of aliphatic hydroxyl groups excluding tert-OH is 1. The van der Waals surface area contributed by atoms with Crippen LogP contribution in [0.15, 0.2) is 10.9 Å². The number of thiazole rings is 1. The van der Waals surface area contributed by atoms with E-state index in [1.165, 1.54) is 0 Å². The molecular formula is C10H16N2OS. The van der Waals surface area contributed by atoms with Crippen molar-refractivity contribution < 1.29 is 5.11 Å². The van der Waals surface area contributed by atoms with E-state index >= 15 is 0 Å². The van der Waals surface area contributed by atoms with Crippen molar-refractivity contribution in [2.45, 2.75) is 38.0 Å². The molecule has 1 aromatic heterocycles. The molecule has 2 atom stereocenters. The second-order valence-electron chi connectivity index (χ2n) is 3.96. The number of hydrogen-bond donors (Lipinski definition) is 1. The summed E-state index contributed by atoms with van der Waals surface area (Å²) in [6.07, 6.45) is 3.07. The Kier molecular flexibility index (Phi) is 3.15. The van der Waals surface area contributed by atoms with E-state index in [0.717, 1.165) is 31.5 Å². The van der Waals surface area contributed by atoms with Gasteiger partial charge in [-0.1, -0.05) is 0 Å². The average molecular weight is 212 g/mol. The number of likely N-dealkylation sites (N-methyl/N-ethyl adjacent to an activating group) is 1. The maximum Gasteiger partial charge on any atom is 0.0795 e. The first kappa shape index (κ1) is 10.1. The van der Waals surface area contributed by atoms with Gasteiger partial charge in [-0.3, -0.25) is 4.90 Å². The monoisotopic (exact) mass is 212 g/mol. The van der Waals surface area contributed by atoms with Crippen LogP contribution in [0.2, 0.25) is 0 Å². The molecule has 1 fully saturated rings. The second kappa shape index (κ2) is 4.38. The van der Waals surface area contributed by atoms with E-state index in [1.807, 2.05) is 5.51 Å².